The van der Waals surface area contributed by atoms with Gasteiger partial charge in [-0.05, 0) is 35.7 Å². The standard InChI is InChI=1S/C17H18ClNO/c18-15-7-5-13(6-8-15)11-19-12-14-9-10-20-17-4-2-1-3-16(14)17/h1-8,14,19H,9-12H2. The normalized spacial score (nSPS) is 17.4. The lowest BCUT2D eigenvalue weighted by Crippen LogP contribution is -2.25. The molecule has 20 heavy (non-hydrogen) atoms. The first-order chi connectivity index (χ1) is 9.83. The van der Waals surface area contributed by atoms with Crippen LogP contribution in [0.2, 0.25) is 5.02 Å². The van der Waals surface area contributed by atoms with Gasteiger partial charge in [0.05, 0.1) is 6.61 Å². The van der Waals surface area contributed by atoms with Crippen molar-refractivity contribution in [2.75, 3.05) is 13.2 Å². The summed E-state index contributed by atoms with van der Waals surface area (Å²) in [5, 5.41) is 4.32. The predicted molar refractivity (Wildman–Crippen MR) is 82.5 cm³/mol. The molecule has 104 valence electrons. The van der Waals surface area contributed by atoms with Gasteiger partial charge in [0.1, 0.15) is 5.75 Å². The fourth-order valence-electron chi connectivity index (χ4n) is 2.62. The van der Waals surface area contributed by atoms with E-state index in [0.29, 0.717) is 5.92 Å². The van der Waals surface area contributed by atoms with E-state index in [1.807, 2.05) is 18.2 Å². The zero-order valence-electron chi connectivity index (χ0n) is 11.3. The molecule has 3 heteroatoms. The fourth-order valence-corrected chi connectivity index (χ4v) is 2.75. The topological polar surface area (TPSA) is 21.3 Å². The molecule has 0 fully saturated rings. The maximum atomic E-state index is 5.89. The van der Waals surface area contributed by atoms with Gasteiger partial charge in [0.15, 0.2) is 0 Å². The molecule has 1 aliphatic rings. The van der Waals surface area contributed by atoms with Crippen LogP contribution in [0.1, 0.15) is 23.5 Å². The summed E-state index contributed by atoms with van der Waals surface area (Å²) in [5.74, 6) is 1.57. The predicted octanol–water partition coefficient (Wildman–Crippen LogP) is 4.00. The third-order valence-corrected chi connectivity index (χ3v) is 3.97. The van der Waals surface area contributed by atoms with Crippen LogP contribution < -0.4 is 10.1 Å². The minimum Gasteiger partial charge on any atom is -0.493 e. The highest BCUT2D eigenvalue weighted by Crippen LogP contribution is 2.32. The second-order valence-corrected chi connectivity index (χ2v) is 5.57. The number of benzene rings is 2. The van der Waals surface area contributed by atoms with Gasteiger partial charge < -0.3 is 10.1 Å². The van der Waals surface area contributed by atoms with Crippen molar-refractivity contribution in [2.45, 2.75) is 18.9 Å². The average molecular weight is 288 g/mol. The van der Waals surface area contributed by atoms with Gasteiger partial charge in [-0.15, -0.1) is 0 Å². The van der Waals surface area contributed by atoms with Crippen molar-refractivity contribution < 1.29 is 4.74 Å². The van der Waals surface area contributed by atoms with Crippen molar-refractivity contribution in [3.63, 3.8) is 0 Å². The summed E-state index contributed by atoms with van der Waals surface area (Å²) in [6.07, 6.45) is 1.07. The summed E-state index contributed by atoms with van der Waals surface area (Å²) in [6, 6.07) is 16.3. The first kappa shape index (κ1) is 13.5. The summed E-state index contributed by atoms with van der Waals surface area (Å²) >= 11 is 5.89. The first-order valence-electron chi connectivity index (χ1n) is 7.00. The van der Waals surface area contributed by atoms with E-state index in [9.17, 15) is 0 Å². The molecule has 2 aromatic rings. The van der Waals surface area contributed by atoms with Crippen molar-refractivity contribution in [3.05, 3.63) is 64.7 Å². The molecule has 0 radical (unpaired) electrons. The molecule has 2 nitrogen and oxygen atoms in total. The molecule has 0 aromatic heterocycles. The summed E-state index contributed by atoms with van der Waals surface area (Å²) in [5.41, 5.74) is 2.58. The van der Waals surface area contributed by atoms with E-state index < -0.39 is 0 Å². The largest absolute Gasteiger partial charge is 0.493 e. The van der Waals surface area contributed by atoms with Crippen LogP contribution in [0.25, 0.3) is 0 Å². The van der Waals surface area contributed by atoms with E-state index in [2.05, 4.69) is 35.6 Å². The summed E-state index contributed by atoms with van der Waals surface area (Å²) in [6.45, 7) is 2.66. The zero-order chi connectivity index (χ0) is 13.8. The Kier molecular flexibility index (Phi) is 4.24. The number of halogens is 1. The SMILES string of the molecule is Clc1ccc(CNCC2CCOc3ccccc32)cc1. The maximum Gasteiger partial charge on any atom is 0.122 e. The van der Waals surface area contributed by atoms with E-state index >= 15 is 0 Å². The Labute approximate surface area is 124 Å². The third kappa shape index (κ3) is 3.14. The molecule has 0 saturated heterocycles. The van der Waals surface area contributed by atoms with Crippen LogP contribution in [0.4, 0.5) is 0 Å². The number of para-hydroxylation sites is 1. The van der Waals surface area contributed by atoms with Crippen molar-refractivity contribution >= 4 is 11.6 Å². The summed E-state index contributed by atoms with van der Waals surface area (Å²) in [4.78, 5) is 0. The van der Waals surface area contributed by atoms with Crippen molar-refractivity contribution in [3.8, 4) is 5.75 Å². The lowest BCUT2D eigenvalue weighted by atomic mass is 9.93. The van der Waals surface area contributed by atoms with Crippen LogP contribution in [0.3, 0.4) is 0 Å². The van der Waals surface area contributed by atoms with Crippen molar-refractivity contribution in [1.29, 1.82) is 0 Å². The molecular weight excluding hydrogens is 270 g/mol. The van der Waals surface area contributed by atoms with Crippen molar-refractivity contribution in [1.82, 2.24) is 5.32 Å². The first-order valence-corrected chi connectivity index (χ1v) is 7.37. The number of rotatable bonds is 4. The molecule has 0 saturated carbocycles. The maximum absolute atomic E-state index is 5.89. The Morgan fingerprint density at radius 3 is 2.75 bits per heavy atom. The van der Waals surface area contributed by atoms with Gasteiger partial charge in [0, 0.05) is 24.0 Å². The highest BCUT2D eigenvalue weighted by atomic mass is 35.5. The van der Waals surface area contributed by atoms with Crippen LogP contribution in [0.15, 0.2) is 48.5 Å². The number of nitrogens with one attached hydrogen (secondary N) is 1. The lowest BCUT2D eigenvalue weighted by molar-refractivity contribution is 0.264. The molecule has 3 rings (SSSR count). The van der Waals surface area contributed by atoms with Crippen molar-refractivity contribution in [2.24, 2.45) is 0 Å². The zero-order valence-corrected chi connectivity index (χ0v) is 12.1. The average Bonchev–Trinajstić information content (AvgIpc) is 2.49. The molecule has 0 bridgehead atoms. The van der Waals surface area contributed by atoms with Crippen LogP contribution in [-0.2, 0) is 6.54 Å². The second-order valence-electron chi connectivity index (χ2n) is 5.13. The smallest absolute Gasteiger partial charge is 0.122 e. The molecule has 2 aromatic carbocycles. The number of fused-ring (bicyclic) bond motifs is 1. The monoisotopic (exact) mass is 287 g/mol. The van der Waals surface area contributed by atoms with Crippen LogP contribution >= 0.6 is 11.6 Å². The van der Waals surface area contributed by atoms with Crippen LogP contribution in [-0.4, -0.2) is 13.2 Å². The van der Waals surface area contributed by atoms with Gasteiger partial charge >= 0.3 is 0 Å². The quantitative estimate of drug-likeness (QED) is 0.918. The minimum atomic E-state index is 0.534. The highest BCUT2D eigenvalue weighted by Gasteiger charge is 2.20. The molecule has 1 heterocycles. The molecule has 1 N–H and O–H groups in total. The molecule has 1 unspecified atom stereocenters. The molecule has 0 amide bonds. The Morgan fingerprint density at radius 1 is 1.10 bits per heavy atom. The third-order valence-electron chi connectivity index (χ3n) is 3.72. The molecule has 0 aliphatic carbocycles. The highest BCUT2D eigenvalue weighted by molar-refractivity contribution is 6.30. The van der Waals surface area contributed by atoms with Crippen LogP contribution in [0.5, 0.6) is 5.75 Å². The van der Waals surface area contributed by atoms with E-state index in [4.69, 9.17) is 16.3 Å². The Hall–Kier alpha value is -1.51. The Bertz CT molecular complexity index is 567. The number of hydrogen-bond donors (Lipinski definition) is 1. The van der Waals surface area contributed by atoms with E-state index in [0.717, 1.165) is 36.9 Å². The van der Waals surface area contributed by atoms with Gasteiger partial charge in [-0.3, -0.25) is 0 Å². The van der Waals surface area contributed by atoms with E-state index in [-0.39, 0.29) is 0 Å². The molecule has 1 aliphatic heterocycles. The molecular formula is C17H18ClNO. The summed E-state index contributed by atoms with van der Waals surface area (Å²) in [7, 11) is 0. The Morgan fingerprint density at radius 2 is 1.90 bits per heavy atom. The van der Waals surface area contributed by atoms with Gasteiger partial charge in [-0.25, -0.2) is 0 Å². The van der Waals surface area contributed by atoms with Gasteiger partial charge in [0.2, 0.25) is 0 Å². The lowest BCUT2D eigenvalue weighted by Gasteiger charge is -2.26. The molecule has 1 atom stereocenters. The second kappa shape index (κ2) is 6.29. The van der Waals surface area contributed by atoms with E-state index in [1.54, 1.807) is 0 Å². The van der Waals surface area contributed by atoms with Gasteiger partial charge in [-0.1, -0.05) is 41.9 Å². The minimum absolute atomic E-state index is 0.534. The van der Waals surface area contributed by atoms with Crippen LogP contribution in [0, 0.1) is 0 Å². The Balaban J connectivity index is 1.58. The summed E-state index contributed by atoms with van der Waals surface area (Å²) < 4.78 is 5.69. The van der Waals surface area contributed by atoms with Gasteiger partial charge in [0.25, 0.3) is 0 Å². The van der Waals surface area contributed by atoms with Gasteiger partial charge in [-0.2, -0.15) is 0 Å². The fraction of sp³-hybridized carbons (Fsp3) is 0.294. The number of hydrogen-bond acceptors (Lipinski definition) is 2. The van der Waals surface area contributed by atoms with E-state index in [1.165, 1.54) is 11.1 Å². The molecule has 0 spiro atoms. The number of ether oxygens (including phenoxy) is 1.